The number of piperazine rings is 1. The van der Waals surface area contributed by atoms with E-state index in [2.05, 4.69) is 15.4 Å². The fraction of sp³-hybridized carbons (Fsp3) is 0.471. The van der Waals surface area contributed by atoms with Crippen LogP contribution in [0, 0.1) is 13.8 Å². The summed E-state index contributed by atoms with van der Waals surface area (Å²) in [7, 11) is 1.29. The number of methoxy groups -OCH3 is 1. The van der Waals surface area contributed by atoms with E-state index in [-0.39, 0.29) is 24.8 Å². The number of hydrogen-bond donors (Lipinski definition) is 3. The number of benzene rings is 1. The van der Waals surface area contributed by atoms with Crippen LogP contribution in [0.25, 0.3) is 0 Å². The molecule has 1 aliphatic heterocycles. The van der Waals surface area contributed by atoms with E-state index in [0.29, 0.717) is 13.1 Å². The van der Waals surface area contributed by atoms with Gasteiger partial charge in [0.1, 0.15) is 6.42 Å². The number of hydrogen-bond acceptors (Lipinski definition) is 4. The zero-order valence-corrected chi connectivity index (χ0v) is 14.3. The second kappa shape index (κ2) is 7.92. The monoisotopic (exact) mass is 334 g/mol. The summed E-state index contributed by atoms with van der Waals surface area (Å²) in [4.78, 5) is 36.6. The largest absolute Gasteiger partial charge is 0.469 e. The highest BCUT2D eigenvalue weighted by Crippen LogP contribution is 2.13. The number of anilines is 1. The van der Waals surface area contributed by atoms with Crippen LogP contribution in [-0.2, 0) is 19.1 Å². The summed E-state index contributed by atoms with van der Waals surface area (Å²) in [6.45, 7) is 5.20. The molecule has 2 rings (SSSR count). The van der Waals surface area contributed by atoms with Crippen LogP contribution in [0.4, 0.5) is 5.69 Å². The van der Waals surface area contributed by atoms with Crippen LogP contribution in [0.3, 0.4) is 0 Å². The normalized spacial score (nSPS) is 20.2. The van der Waals surface area contributed by atoms with E-state index in [9.17, 15) is 14.4 Å². The topological polar surface area (TPSA) is 88.9 Å². The first-order valence-electron chi connectivity index (χ1n) is 7.97. The van der Waals surface area contributed by atoms with Crippen LogP contribution in [0.15, 0.2) is 18.2 Å². The van der Waals surface area contributed by atoms with Crippen LogP contribution >= 0.6 is 0 Å². The number of ether oxygens (including phenoxy) is 1. The minimum atomic E-state index is -0.600. The van der Waals surface area contributed by atoms with Crippen LogP contribution < -0.4 is 15.5 Å². The Morgan fingerprint density at radius 2 is 2.08 bits per heavy atom. The highest BCUT2D eigenvalue weighted by Gasteiger charge is 2.36. The van der Waals surface area contributed by atoms with Crippen LogP contribution in [0.2, 0.25) is 0 Å². The van der Waals surface area contributed by atoms with E-state index in [1.165, 1.54) is 7.11 Å². The Bertz CT molecular complexity index is 645. The summed E-state index contributed by atoms with van der Waals surface area (Å²) < 4.78 is 4.64. The van der Waals surface area contributed by atoms with Gasteiger partial charge in [0.25, 0.3) is 11.8 Å². The molecule has 1 fully saturated rings. The predicted octanol–water partition coefficient (Wildman–Crippen LogP) is -0.812. The SMILES string of the molecule is COC(=O)C[C@@H]1C(=O)NCC[NH+]1CC(=O)Nc1ccc(C)c(C)c1. The van der Waals surface area contributed by atoms with Gasteiger partial charge in [-0.2, -0.15) is 0 Å². The molecule has 0 spiro atoms. The first-order chi connectivity index (χ1) is 11.4. The fourth-order valence-corrected chi connectivity index (χ4v) is 2.76. The number of nitrogens with one attached hydrogen (secondary N) is 3. The van der Waals surface area contributed by atoms with E-state index in [4.69, 9.17) is 0 Å². The molecule has 1 unspecified atom stereocenters. The number of quaternary nitrogens is 1. The first kappa shape index (κ1) is 17.9. The lowest BCUT2D eigenvalue weighted by Crippen LogP contribution is -3.20. The third kappa shape index (κ3) is 4.55. The van der Waals surface area contributed by atoms with E-state index in [0.717, 1.165) is 21.7 Å². The molecule has 1 heterocycles. The molecule has 2 amide bonds. The molecule has 7 nitrogen and oxygen atoms in total. The Balaban J connectivity index is 2.00. The molecule has 24 heavy (non-hydrogen) atoms. The maximum absolute atomic E-state index is 12.3. The lowest BCUT2D eigenvalue weighted by Gasteiger charge is -2.30. The number of aryl methyl sites for hydroxylation is 2. The molecule has 0 aromatic heterocycles. The second-order valence-electron chi connectivity index (χ2n) is 6.06. The molecule has 1 aromatic rings. The van der Waals surface area contributed by atoms with Crippen molar-refractivity contribution in [3.63, 3.8) is 0 Å². The third-order valence-electron chi connectivity index (χ3n) is 4.33. The van der Waals surface area contributed by atoms with Crippen LogP contribution in [-0.4, -0.2) is 50.6 Å². The maximum atomic E-state index is 12.3. The Kier molecular flexibility index (Phi) is 5.92. The van der Waals surface area contributed by atoms with Gasteiger partial charge in [0, 0.05) is 5.69 Å². The molecule has 1 aliphatic rings. The van der Waals surface area contributed by atoms with Crippen molar-refractivity contribution >= 4 is 23.5 Å². The summed E-state index contributed by atoms with van der Waals surface area (Å²) in [6.07, 6.45) is -0.0331. The van der Waals surface area contributed by atoms with Gasteiger partial charge < -0.3 is 20.3 Å². The van der Waals surface area contributed by atoms with Gasteiger partial charge in [0.2, 0.25) is 0 Å². The van der Waals surface area contributed by atoms with Crippen molar-refractivity contribution in [2.24, 2.45) is 0 Å². The van der Waals surface area contributed by atoms with Gasteiger partial charge in [-0.3, -0.25) is 14.4 Å². The number of amides is 2. The molecule has 1 saturated heterocycles. The van der Waals surface area contributed by atoms with Gasteiger partial charge in [-0.05, 0) is 37.1 Å². The lowest BCUT2D eigenvalue weighted by molar-refractivity contribution is -0.909. The van der Waals surface area contributed by atoms with Crippen molar-refractivity contribution in [2.75, 3.05) is 32.1 Å². The Labute approximate surface area is 141 Å². The van der Waals surface area contributed by atoms with Crippen LogP contribution in [0.1, 0.15) is 17.5 Å². The molecule has 7 heteroatoms. The molecule has 130 valence electrons. The molecular weight excluding hydrogens is 310 g/mol. The van der Waals surface area contributed by atoms with Crippen molar-refractivity contribution in [1.29, 1.82) is 0 Å². The second-order valence-corrected chi connectivity index (χ2v) is 6.06. The summed E-state index contributed by atoms with van der Waals surface area (Å²) in [5.74, 6) is -0.859. The smallest absolute Gasteiger partial charge is 0.312 e. The highest BCUT2D eigenvalue weighted by atomic mass is 16.5. The first-order valence-corrected chi connectivity index (χ1v) is 7.97. The molecule has 0 saturated carbocycles. The minimum Gasteiger partial charge on any atom is -0.469 e. The molecular formula is C17H24N3O4+. The zero-order valence-electron chi connectivity index (χ0n) is 14.3. The molecule has 0 radical (unpaired) electrons. The third-order valence-corrected chi connectivity index (χ3v) is 4.33. The Hall–Kier alpha value is -2.41. The molecule has 0 aliphatic carbocycles. The standard InChI is InChI=1S/C17H23N3O4/c1-11-4-5-13(8-12(11)2)19-15(21)10-20-7-6-18-17(23)14(20)9-16(22)24-3/h4-5,8,14H,6-7,9-10H2,1-3H3,(H,18,23)(H,19,21)/p+1/t14-/m1/s1. The molecule has 1 aromatic carbocycles. The minimum absolute atomic E-state index is 0.0331. The molecule has 0 bridgehead atoms. The fourth-order valence-electron chi connectivity index (χ4n) is 2.76. The molecule has 2 atom stereocenters. The van der Waals surface area contributed by atoms with Crippen molar-refractivity contribution in [3.8, 4) is 0 Å². The quantitative estimate of drug-likeness (QED) is 0.615. The van der Waals surface area contributed by atoms with Gasteiger partial charge >= 0.3 is 5.97 Å². The number of carbonyl (C=O) groups is 3. The van der Waals surface area contributed by atoms with Crippen LogP contribution in [0.5, 0.6) is 0 Å². The summed E-state index contributed by atoms with van der Waals surface area (Å²) in [5, 5.41) is 5.58. The van der Waals surface area contributed by atoms with Gasteiger partial charge in [-0.1, -0.05) is 6.07 Å². The summed E-state index contributed by atoms with van der Waals surface area (Å²) in [5.41, 5.74) is 2.99. The van der Waals surface area contributed by atoms with Gasteiger partial charge in [-0.15, -0.1) is 0 Å². The van der Waals surface area contributed by atoms with E-state index in [1.54, 1.807) is 0 Å². The average Bonchev–Trinajstić information content (AvgIpc) is 2.54. The van der Waals surface area contributed by atoms with Crippen molar-refractivity contribution in [1.82, 2.24) is 5.32 Å². The zero-order chi connectivity index (χ0) is 17.7. The van der Waals surface area contributed by atoms with E-state index < -0.39 is 12.0 Å². The summed E-state index contributed by atoms with van der Waals surface area (Å²) in [6, 6.07) is 5.12. The highest BCUT2D eigenvalue weighted by molar-refractivity contribution is 5.92. The number of esters is 1. The lowest BCUT2D eigenvalue weighted by atomic mass is 10.1. The van der Waals surface area contributed by atoms with Crippen molar-refractivity contribution in [3.05, 3.63) is 29.3 Å². The number of carbonyl (C=O) groups excluding carboxylic acids is 3. The van der Waals surface area contributed by atoms with E-state index >= 15 is 0 Å². The Morgan fingerprint density at radius 3 is 2.75 bits per heavy atom. The predicted molar refractivity (Wildman–Crippen MR) is 88.7 cm³/mol. The van der Waals surface area contributed by atoms with Gasteiger partial charge in [0.05, 0.1) is 20.2 Å². The summed E-state index contributed by atoms with van der Waals surface area (Å²) >= 11 is 0. The number of rotatable bonds is 5. The van der Waals surface area contributed by atoms with Crippen molar-refractivity contribution in [2.45, 2.75) is 26.3 Å². The van der Waals surface area contributed by atoms with E-state index in [1.807, 2.05) is 32.0 Å². The average molecular weight is 334 g/mol. The van der Waals surface area contributed by atoms with Crippen molar-refractivity contribution < 1.29 is 24.0 Å². The molecule has 3 N–H and O–H groups in total. The van der Waals surface area contributed by atoms with Gasteiger partial charge in [-0.25, -0.2) is 0 Å². The Morgan fingerprint density at radius 1 is 1.33 bits per heavy atom. The maximum Gasteiger partial charge on any atom is 0.312 e. The van der Waals surface area contributed by atoms with Gasteiger partial charge in [0.15, 0.2) is 12.6 Å².